The number of amides is 1. The number of aromatic nitrogens is 4. The number of thioether (sulfide) groups is 1. The second-order valence-corrected chi connectivity index (χ2v) is 9.20. The van der Waals surface area contributed by atoms with Crippen LogP contribution in [-0.4, -0.2) is 26.1 Å². The van der Waals surface area contributed by atoms with Gasteiger partial charge in [0.15, 0.2) is 5.16 Å². The summed E-state index contributed by atoms with van der Waals surface area (Å²) < 4.78 is 0. The molecule has 168 valence electrons. The Hall–Kier alpha value is -3.39. The van der Waals surface area contributed by atoms with Crippen molar-refractivity contribution in [3.05, 3.63) is 100 Å². The predicted molar refractivity (Wildman–Crippen MR) is 138 cm³/mol. The molecule has 0 aliphatic carbocycles. The van der Waals surface area contributed by atoms with Crippen LogP contribution in [-0.2, 0) is 5.75 Å². The van der Waals surface area contributed by atoms with E-state index in [2.05, 4.69) is 25.5 Å². The maximum atomic E-state index is 13.0. The van der Waals surface area contributed by atoms with E-state index in [4.69, 9.17) is 23.2 Å². The lowest BCUT2D eigenvalue weighted by Crippen LogP contribution is -2.12. The molecule has 5 aromatic rings. The molecular formula is C25H17Cl2N5OS. The van der Waals surface area contributed by atoms with Gasteiger partial charge >= 0.3 is 0 Å². The largest absolute Gasteiger partial charge is 0.322 e. The molecule has 2 N–H and O–H groups in total. The Morgan fingerprint density at radius 2 is 1.85 bits per heavy atom. The second kappa shape index (κ2) is 9.85. The number of halogens is 2. The number of hydrogen-bond donors (Lipinski definition) is 2. The minimum absolute atomic E-state index is 0.307. The molecule has 0 unspecified atom stereocenters. The van der Waals surface area contributed by atoms with Gasteiger partial charge in [0.2, 0.25) is 0 Å². The Kier molecular flexibility index (Phi) is 6.49. The van der Waals surface area contributed by atoms with Gasteiger partial charge in [0.05, 0.1) is 21.3 Å². The van der Waals surface area contributed by atoms with E-state index in [1.807, 2.05) is 42.5 Å². The summed E-state index contributed by atoms with van der Waals surface area (Å²) >= 11 is 14.4. The van der Waals surface area contributed by atoms with Gasteiger partial charge in [0.25, 0.3) is 5.91 Å². The maximum Gasteiger partial charge on any atom is 0.257 e. The summed E-state index contributed by atoms with van der Waals surface area (Å²) in [5, 5.41) is 13.2. The van der Waals surface area contributed by atoms with E-state index >= 15 is 0 Å². The SMILES string of the molecule is O=C(Nc1ccc(Cl)c(-c2nccc3ccccc23)c1)c1ccc(CSc2ncn[nH]2)cc1Cl. The van der Waals surface area contributed by atoms with Crippen molar-refractivity contribution in [2.45, 2.75) is 10.9 Å². The second-order valence-electron chi connectivity index (χ2n) is 7.42. The van der Waals surface area contributed by atoms with Crippen molar-refractivity contribution in [3.8, 4) is 11.3 Å². The lowest BCUT2D eigenvalue weighted by molar-refractivity contribution is 0.102. The third kappa shape index (κ3) is 4.77. The Balaban J connectivity index is 1.37. The molecular weight excluding hydrogens is 489 g/mol. The zero-order valence-corrected chi connectivity index (χ0v) is 20.0. The number of nitrogens with one attached hydrogen (secondary N) is 2. The van der Waals surface area contributed by atoms with Crippen LogP contribution in [0.4, 0.5) is 5.69 Å². The molecule has 2 aromatic heterocycles. The summed E-state index contributed by atoms with van der Waals surface area (Å²) in [6.07, 6.45) is 3.21. The number of rotatable bonds is 6. The summed E-state index contributed by atoms with van der Waals surface area (Å²) in [5.41, 5.74) is 3.45. The summed E-state index contributed by atoms with van der Waals surface area (Å²) in [6.45, 7) is 0. The zero-order chi connectivity index (χ0) is 23.5. The number of benzene rings is 3. The summed E-state index contributed by atoms with van der Waals surface area (Å²) in [6, 6.07) is 20.6. The molecule has 0 radical (unpaired) electrons. The number of carbonyl (C=O) groups is 1. The highest BCUT2D eigenvalue weighted by Crippen LogP contribution is 2.34. The van der Waals surface area contributed by atoms with E-state index in [0.717, 1.165) is 32.7 Å². The van der Waals surface area contributed by atoms with Gasteiger partial charge in [-0.2, -0.15) is 5.10 Å². The van der Waals surface area contributed by atoms with Crippen molar-refractivity contribution in [3.63, 3.8) is 0 Å². The Morgan fingerprint density at radius 1 is 0.971 bits per heavy atom. The van der Waals surface area contributed by atoms with Crippen molar-refractivity contribution in [1.82, 2.24) is 20.2 Å². The first kappa shape index (κ1) is 22.4. The van der Waals surface area contributed by atoms with Crippen molar-refractivity contribution in [1.29, 1.82) is 0 Å². The van der Waals surface area contributed by atoms with E-state index in [1.165, 1.54) is 18.1 Å². The molecule has 9 heteroatoms. The Morgan fingerprint density at radius 3 is 2.68 bits per heavy atom. The van der Waals surface area contributed by atoms with Crippen molar-refractivity contribution in [2.75, 3.05) is 5.32 Å². The summed E-state index contributed by atoms with van der Waals surface area (Å²) in [7, 11) is 0. The first-order valence-corrected chi connectivity index (χ1v) is 12.0. The number of hydrogen-bond acceptors (Lipinski definition) is 5. The minimum atomic E-state index is -0.307. The molecule has 2 heterocycles. The fraction of sp³-hybridized carbons (Fsp3) is 0.0400. The molecule has 0 atom stereocenters. The number of H-pyrrole nitrogens is 1. The van der Waals surface area contributed by atoms with Crippen molar-refractivity contribution in [2.24, 2.45) is 0 Å². The first-order valence-electron chi connectivity index (χ1n) is 10.3. The topological polar surface area (TPSA) is 83.6 Å². The van der Waals surface area contributed by atoms with Crippen molar-refractivity contribution < 1.29 is 4.79 Å². The molecule has 34 heavy (non-hydrogen) atoms. The van der Waals surface area contributed by atoms with Crippen LogP contribution in [0.15, 0.2) is 84.4 Å². The molecule has 6 nitrogen and oxygen atoms in total. The van der Waals surface area contributed by atoms with E-state index in [1.54, 1.807) is 30.5 Å². The van der Waals surface area contributed by atoms with Gasteiger partial charge in [0.1, 0.15) is 6.33 Å². The Labute approximate surface area is 209 Å². The minimum Gasteiger partial charge on any atom is -0.322 e. The lowest BCUT2D eigenvalue weighted by Gasteiger charge is -2.12. The van der Waals surface area contributed by atoms with Crippen LogP contribution >= 0.6 is 35.0 Å². The summed E-state index contributed by atoms with van der Waals surface area (Å²) in [4.78, 5) is 21.6. The number of aromatic amines is 1. The third-order valence-electron chi connectivity index (χ3n) is 5.20. The first-order chi connectivity index (χ1) is 16.6. The zero-order valence-electron chi connectivity index (χ0n) is 17.6. The van der Waals surface area contributed by atoms with Crippen LogP contribution in [0.2, 0.25) is 10.0 Å². The highest BCUT2D eigenvalue weighted by Gasteiger charge is 2.15. The van der Waals surface area contributed by atoms with Crippen LogP contribution in [0.1, 0.15) is 15.9 Å². The van der Waals surface area contributed by atoms with Crippen LogP contribution in [0.25, 0.3) is 22.0 Å². The van der Waals surface area contributed by atoms with Gasteiger partial charge in [-0.15, -0.1) is 0 Å². The average molecular weight is 506 g/mol. The van der Waals surface area contributed by atoms with Gasteiger partial charge in [-0.3, -0.25) is 14.9 Å². The smallest absolute Gasteiger partial charge is 0.257 e. The molecule has 0 saturated heterocycles. The number of pyridine rings is 1. The maximum absolute atomic E-state index is 13.0. The summed E-state index contributed by atoms with van der Waals surface area (Å²) in [5.74, 6) is 0.341. The molecule has 0 aliphatic heterocycles. The Bertz CT molecular complexity index is 1490. The third-order valence-corrected chi connectivity index (χ3v) is 6.79. The van der Waals surface area contributed by atoms with E-state index in [0.29, 0.717) is 27.0 Å². The van der Waals surface area contributed by atoms with Crippen LogP contribution in [0.3, 0.4) is 0 Å². The average Bonchev–Trinajstić information content (AvgIpc) is 3.37. The molecule has 3 aromatic carbocycles. The quantitative estimate of drug-likeness (QED) is 0.246. The van der Waals surface area contributed by atoms with Gasteiger partial charge in [0, 0.05) is 28.6 Å². The van der Waals surface area contributed by atoms with Crippen LogP contribution < -0.4 is 5.32 Å². The highest BCUT2D eigenvalue weighted by atomic mass is 35.5. The van der Waals surface area contributed by atoms with Crippen LogP contribution in [0.5, 0.6) is 0 Å². The molecule has 0 saturated carbocycles. The van der Waals surface area contributed by atoms with E-state index < -0.39 is 0 Å². The number of fused-ring (bicyclic) bond motifs is 1. The molecule has 0 bridgehead atoms. The van der Waals surface area contributed by atoms with Gasteiger partial charge < -0.3 is 5.32 Å². The predicted octanol–water partition coefficient (Wildman–Crippen LogP) is 6.87. The normalized spacial score (nSPS) is 11.0. The molecule has 0 fully saturated rings. The van der Waals surface area contributed by atoms with Crippen LogP contribution in [0, 0.1) is 0 Å². The van der Waals surface area contributed by atoms with E-state index in [9.17, 15) is 4.79 Å². The number of anilines is 1. The molecule has 5 rings (SSSR count). The molecule has 1 amide bonds. The van der Waals surface area contributed by atoms with Crippen molar-refractivity contribution >= 4 is 57.3 Å². The molecule has 0 aliphatic rings. The fourth-order valence-electron chi connectivity index (χ4n) is 3.57. The number of nitrogens with zero attached hydrogens (tertiary/aromatic N) is 3. The van der Waals surface area contributed by atoms with Gasteiger partial charge in [-0.25, -0.2) is 4.98 Å². The highest BCUT2D eigenvalue weighted by molar-refractivity contribution is 7.98. The van der Waals surface area contributed by atoms with Gasteiger partial charge in [-0.1, -0.05) is 65.3 Å². The fourth-order valence-corrected chi connectivity index (χ4v) is 4.78. The standard InChI is InChI=1S/C25H17Cl2N5OS/c26-21-8-6-17(12-20(21)23-18-4-2-1-3-16(18)9-10-28-23)31-24(33)19-7-5-15(11-22(19)27)13-34-25-29-14-30-32-25/h1-12,14H,13H2,(H,31,33)(H,29,30,32). The van der Waals surface area contributed by atoms with Gasteiger partial charge in [-0.05, 0) is 47.3 Å². The monoisotopic (exact) mass is 505 g/mol. The molecule has 0 spiro atoms. The lowest BCUT2D eigenvalue weighted by atomic mass is 10.0. The van der Waals surface area contributed by atoms with E-state index in [-0.39, 0.29) is 5.91 Å². The number of carbonyl (C=O) groups excluding carboxylic acids is 1.